The van der Waals surface area contributed by atoms with E-state index in [1.165, 1.54) is 34.8 Å². The van der Waals surface area contributed by atoms with E-state index in [0.717, 1.165) is 0 Å². The first kappa shape index (κ1) is 10.4. The SMILES string of the molecule is NC1CCCC(c2ccc(I)cc2)C1. The van der Waals surface area contributed by atoms with Gasteiger partial charge >= 0.3 is 0 Å². The zero-order valence-electron chi connectivity index (χ0n) is 8.25. The Morgan fingerprint density at radius 3 is 2.50 bits per heavy atom. The number of nitrogens with two attached hydrogens (primary N) is 1. The summed E-state index contributed by atoms with van der Waals surface area (Å²) in [6.45, 7) is 0. The molecule has 0 saturated heterocycles. The van der Waals surface area contributed by atoms with Crippen LogP contribution in [0.25, 0.3) is 0 Å². The lowest BCUT2D eigenvalue weighted by Crippen LogP contribution is -2.26. The van der Waals surface area contributed by atoms with Crippen LogP contribution in [0, 0.1) is 3.57 Å². The predicted octanol–water partition coefficient (Wildman–Crippen LogP) is 3.28. The minimum Gasteiger partial charge on any atom is -0.328 e. The number of benzene rings is 1. The van der Waals surface area contributed by atoms with Gasteiger partial charge in [-0.15, -0.1) is 0 Å². The van der Waals surface area contributed by atoms with Crippen molar-refractivity contribution in [3.63, 3.8) is 0 Å². The summed E-state index contributed by atoms with van der Waals surface area (Å²) in [5, 5.41) is 0. The highest BCUT2D eigenvalue weighted by Gasteiger charge is 2.20. The van der Waals surface area contributed by atoms with E-state index in [1.807, 2.05) is 0 Å². The van der Waals surface area contributed by atoms with Gasteiger partial charge in [0, 0.05) is 9.61 Å². The molecule has 2 heteroatoms. The van der Waals surface area contributed by atoms with Crippen LogP contribution in [0.1, 0.15) is 37.2 Å². The van der Waals surface area contributed by atoms with E-state index in [2.05, 4.69) is 46.9 Å². The molecule has 1 saturated carbocycles. The van der Waals surface area contributed by atoms with Gasteiger partial charge < -0.3 is 5.73 Å². The maximum atomic E-state index is 5.99. The minimum absolute atomic E-state index is 0.424. The molecule has 1 nitrogen and oxygen atoms in total. The standard InChI is InChI=1S/C12H16IN/c13-11-6-4-9(5-7-11)10-2-1-3-12(14)8-10/h4-7,10,12H,1-3,8,14H2. The molecule has 0 amide bonds. The molecule has 0 aromatic heterocycles. The van der Waals surface area contributed by atoms with Crippen molar-refractivity contribution in [2.24, 2.45) is 5.73 Å². The first-order valence-corrected chi connectivity index (χ1v) is 6.34. The second-order valence-electron chi connectivity index (χ2n) is 4.18. The Morgan fingerprint density at radius 2 is 1.86 bits per heavy atom. The average Bonchev–Trinajstić information content (AvgIpc) is 2.19. The summed E-state index contributed by atoms with van der Waals surface area (Å²) in [4.78, 5) is 0. The van der Waals surface area contributed by atoms with Crippen molar-refractivity contribution in [1.29, 1.82) is 0 Å². The second kappa shape index (κ2) is 4.62. The third-order valence-electron chi connectivity index (χ3n) is 3.06. The van der Waals surface area contributed by atoms with Crippen LogP contribution in [0.3, 0.4) is 0 Å². The van der Waals surface area contributed by atoms with Gasteiger partial charge in [0.05, 0.1) is 0 Å². The Kier molecular flexibility index (Phi) is 3.44. The molecule has 0 spiro atoms. The lowest BCUT2D eigenvalue weighted by molar-refractivity contribution is 0.393. The van der Waals surface area contributed by atoms with Gasteiger partial charge in [0.2, 0.25) is 0 Å². The summed E-state index contributed by atoms with van der Waals surface area (Å²) in [6, 6.07) is 9.31. The molecule has 1 aromatic rings. The number of hydrogen-bond acceptors (Lipinski definition) is 1. The van der Waals surface area contributed by atoms with Crippen LogP contribution in [0.15, 0.2) is 24.3 Å². The van der Waals surface area contributed by atoms with Crippen molar-refractivity contribution in [3.05, 3.63) is 33.4 Å². The van der Waals surface area contributed by atoms with Gasteiger partial charge in [-0.1, -0.05) is 18.6 Å². The second-order valence-corrected chi connectivity index (χ2v) is 5.42. The van der Waals surface area contributed by atoms with Crippen LogP contribution in [0.2, 0.25) is 0 Å². The van der Waals surface area contributed by atoms with Gasteiger partial charge in [-0.05, 0) is 65.5 Å². The molecule has 2 atom stereocenters. The molecule has 1 aliphatic carbocycles. The molecule has 1 fully saturated rings. The fraction of sp³-hybridized carbons (Fsp3) is 0.500. The maximum Gasteiger partial charge on any atom is 0.0130 e. The van der Waals surface area contributed by atoms with E-state index in [0.29, 0.717) is 12.0 Å². The molecule has 2 unspecified atom stereocenters. The molecule has 1 aromatic carbocycles. The molecule has 76 valence electrons. The summed E-state index contributed by atoms with van der Waals surface area (Å²) < 4.78 is 1.31. The highest BCUT2D eigenvalue weighted by molar-refractivity contribution is 14.1. The zero-order chi connectivity index (χ0) is 9.97. The van der Waals surface area contributed by atoms with E-state index < -0.39 is 0 Å². The maximum absolute atomic E-state index is 5.99. The molecule has 0 bridgehead atoms. The molecule has 14 heavy (non-hydrogen) atoms. The third kappa shape index (κ3) is 2.48. The lowest BCUT2D eigenvalue weighted by atomic mass is 9.82. The van der Waals surface area contributed by atoms with Gasteiger partial charge in [-0.2, -0.15) is 0 Å². The summed E-state index contributed by atoms with van der Waals surface area (Å²) in [6.07, 6.45) is 4.98. The molecule has 1 aliphatic rings. The molecule has 2 N–H and O–H groups in total. The van der Waals surface area contributed by atoms with Gasteiger partial charge in [-0.3, -0.25) is 0 Å². The van der Waals surface area contributed by atoms with Crippen LogP contribution in [-0.2, 0) is 0 Å². The first-order chi connectivity index (χ1) is 6.75. The summed E-state index contributed by atoms with van der Waals surface area (Å²) >= 11 is 2.35. The molecule has 0 heterocycles. The Balaban J connectivity index is 2.10. The highest BCUT2D eigenvalue weighted by atomic mass is 127. The fourth-order valence-electron chi connectivity index (χ4n) is 2.27. The van der Waals surface area contributed by atoms with E-state index in [-0.39, 0.29) is 0 Å². The normalized spacial score (nSPS) is 27.6. The Labute approximate surface area is 99.2 Å². The summed E-state index contributed by atoms with van der Waals surface area (Å²) in [7, 11) is 0. The van der Waals surface area contributed by atoms with Crippen LogP contribution < -0.4 is 5.73 Å². The summed E-state index contributed by atoms with van der Waals surface area (Å²) in [5.41, 5.74) is 7.46. The van der Waals surface area contributed by atoms with Gasteiger partial charge in [-0.25, -0.2) is 0 Å². The molecular weight excluding hydrogens is 285 g/mol. The van der Waals surface area contributed by atoms with Crippen LogP contribution in [0.4, 0.5) is 0 Å². The zero-order valence-corrected chi connectivity index (χ0v) is 10.4. The van der Waals surface area contributed by atoms with Gasteiger partial charge in [0.15, 0.2) is 0 Å². The number of rotatable bonds is 1. The largest absolute Gasteiger partial charge is 0.328 e. The monoisotopic (exact) mass is 301 g/mol. The van der Waals surface area contributed by atoms with E-state index in [9.17, 15) is 0 Å². The van der Waals surface area contributed by atoms with Crippen molar-refractivity contribution in [2.75, 3.05) is 0 Å². The van der Waals surface area contributed by atoms with Crippen LogP contribution >= 0.6 is 22.6 Å². The van der Waals surface area contributed by atoms with E-state index in [1.54, 1.807) is 0 Å². The topological polar surface area (TPSA) is 26.0 Å². The number of halogens is 1. The Hall–Kier alpha value is -0.0900. The summed E-state index contributed by atoms with van der Waals surface area (Å²) in [5.74, 6) is 0.704. The van der Waals surface area contributed by atoms with Crippen molar-refractivity contribution in [2.45, 2.75) is 37.6 Å². The first-order valence-electron chi connectivity index (χ1n) is 5.27. The van der Waals surface area contributed by atoms with Crippen molar-refractivity contribution < 1.29 is 0 Å². The minimum atomic E-state index is 0.424. The highest BCUT2D eigenvalue weighted by Crippen LogP contribution is 2.32. The van der Waals surface area contributed by atoms with Gasteiger partial charge in [0.1, 0.15) is 0 Å². The van der Waals surface area contributed by atoms with Crippen molar-refractivity contribution in [3.8, 4) is 0 Å². The fourth-order valence-corrected chi connectivity index (χ4v) is 2.62. The quantitative estimate of drug-likeness (QED) is 0.792. The third-order valence-corrected chi connectivity index (χ3v) is 3.78. The predicted molar refractivity (Wildman–Crippen MR) is 68.3 cm³/mol. The Morgan fingerprint density at radius 1 is 1.14 bits per heavy atom. The molecule has 0 aliphatic heterocycles. The van der Waals surface area contributed by atoms with Crippen LogP contribution in [-0.4, -0.2) is 6.04 Å². The average molecular weight is 301 g/mol. The molecule has 2 rings (SSSR count). The van der Waals surface area contributed by atoms with Gasteiger partial charge in [0.25, 0.3) is 0 Å². The molecular formula is C12H16IN. The Bertz CT molecular complexity index is 294. The smallest absolute Gasteiger partial charge is 0.0130 e. The van der Waals surface area contributed by atoms with Crippen molar-refractivity contribution >= 4 is 22.6 Å². The lowest BCUT2D eigenvalue weighted by Gasteiger charge is -2.26. The molecule has 0 radical (unpaired) electrons. The number of hydrogen-bond donors (Lipinski definition) is 1. The van der Waals surface area contributed by atoms with Crippen molar-refractivity contribution in [1.82, 2.24) is 0 Å². The van der Waals surface area contributed by atoms with E-state index >= 15 is 0 Å². The van der Waals surface area contributed by atoms with Crippen LogP contribution in [0.5, 0.6) is 0 Å². The van der Waals surface area contributed by atoms with E-state index in [4.69, 9.17) is 5.73 Å².